The van der Waals surface area contributed by atoms with Gasteiger partial charge in [0.15, 0.2) is 5.76 Å². The zero-order valence-corrected chi connectivity index (χ0v) is 13.5. The SMILES string of the molecule is Cc1cc(COc2c(C)cc(CNC(C)C)cc2C)on1. The van der Waals surface area contributed by atoms with Gasteiger partial charge in [0.1, 0.15) is 12.4 Å². The van der Waals surface area contributed by atoms with E-state index in [0.717, 1.165) is 34.9 Å². The Kier molecular flexibility index (Phi) is 5.02. The molecule has 0 saturated heterocycles. The molecule has 0 fully saturated rings. The molecule has 1 N–H and O–H groups in total. The summed E-state index contributed by atoms with van der Waals surface area (Å²) >= 11 is 0. The van der Waals surface area contributed by atoms with Gasteiger partial charge in [-0.25, -0.2) is 0 Å². The Labute approximate surface area is 126 Å². The Morgan fingerprint density at radius 3 is 2.33 bits per heavy atom. The number of hydrogen-bond acceptors (Lipinski definition) is 4. The summed E-state index contributed by atoms with van der Waals surface area (Å²) in [5.74, 6) is 1.68. The van der Waals surface area contributed by atoms with E-state index in [9.17, 15) is 0 Å². The standard InChI is InChI=1S/C17H24N2O2/c1-11(2)18-9-15-6-12(3)17(13(4)7-15)20-10-16-8-14(5)19-21-16/h6-8,11,18H,9-10H2,1-5H3. The number of aromatic nitrogens is 1. The Morgan fingerprint density at radius 2 is 1.81 bits per heavy atom. The predicted octanol–water partition coefficient (Wildman–Crippen LogP) is 3.68. The molecular weight excluding hydrogens is 264 g/mol. The van der Waals surface area contributed by atoms with Crippen molar-refractivity contribution in [2.45, 2.75) is 53.8 Å². The monoisotopic (exact) mass is 288 g/mol. The normalized spacial score (nSPS) is 11.1. The topological polar surface area (TPSA) is 47.3 Å². The maximum Gasteiger partial charge on any atom is 0.174 e. The molecule has 4 nitrogen and oxygen atoms in total. The van der Waals surface area contributed by atoms with Crippen LogP contribution in [-0.2, 0) is 13.2 Å². The first-order chi connectivity index (χ1) is 9.95. The molecule has 0 unspecified atom stereocenters. The lowest BCUT2D eigenvalue weighted by atomic mass is 10.1. The molecule has 1 aromatic carbocycles. The van der Waals surface area contributed by atoms with Gasteiger partial charge in [-0.2, -0.15) is 0 Å². The quantitative estimate of drug-likeness (QED) is 0.881. The van der Waals surface area contributed by atoms with Crippen LogP contribution in [0.15, 0.2) is 22.7 Å². The third-order valence-electron chi connectivity index (χ3n) is 3.27. The molecule has 0 amide bonds. The highest BCUT2D eigenvalue weighted by Gasteiger charge is 2.09. The highest BCUT2D eigenvalue weighted by molar-refractivity contribution is 5.43. The lowest BCUT2D eigenvalue weighted by Crippen LogP contribution is -2.21. The van der Waals surface area contributed by atoms with Crippen LogP contribution in [0.5, 0.6) is 5.75 Å². The van der Waals surface area contributed by atoms with Crippen LogP contribution in [0.4, 0.5) is 0 Å². The minimum atomic E-state index is 0.409. The molecule has 0 saturated carbocycles. The molecule has 1 aromatic heterocycles. The van der Waals surface area contributed by atoms with E-state index in [4.69, 9.17) is 9.26 Å². The summed E-state index contributed by atoms with van der Waals surface area (Å²) in [5, 5.41) is 7.30. The van der Waals surface area contributed by atoms with E-state index in [1.807, 2.05) is 13.0 Å². The van der Waals surface area contributed by atoms with Crippen LogP contribution in [0.3, 0.4) is 0 Å². The maximum atomic E-state index is 5.89. The van der Waals surface area contributed by atoms with Gasteiger partial charge in [-0.15, -0.1) is 0 Å². The number of hydrogen-bond donors (Lipinski definition) is 1. The minimum absolute atomic E-state index is 0.409. The average molecular weight is 288 g/mol. The molecule has 0 atom stereocenters. The molecular formula is C17H24N2O2. The predicted molar refractivity (Wildman–Crippen MR) is 83.5 cm³/mol. The molecule has 0 radical (unpaired) electrons. The zero-order valence-electron chi connectivity index (χ0n) is 13.5. The van der Waals surface area contributed by atoms with Crippen LogP contribution in [0.2, 0.25) is 0 Å². The molecule has 0 aliphatic rings. The molecule has 21 heavy (non-hydrogen) atoms. The molecule has 1 heterocycles. The van der Waals surface area contributed by atoms with E-state index >= 15 is 0 Å². The van der Waals surface area contributed by atoms with Crippen molar-refractivity contribution in [1.29, 1.82) is 0 Å². The summed E-state index contributed by atoms with van der Waals surface area (Å²) in [7, 11) is 0. The number of aryl methyl sites for hydroxylation is 3. The molecule has 114 valence electrons. The van der Waals surface area contributed by atoms with Crippen molar-refractivity contribution in [2.75, 3.05) is 0 Å². The van der Waals surface area contributed by atoms with E-state index in [1.165, 1.54) is 5.56 Å². The summed E-state index contributed by atoms with van der Waals surface area (Å²) in [4.78, 5) is 0. The second kappa shape index (κ2) is 6.76. The highest BCUT2D eigenvalue weighted by Crippen LogP contribution is 2.26. The van der Waals surface area contributed by atoms with Crippen molar-refractivity contribution in [3.8, 4) is 5.75 Å². The van der Waals surface area contributed by atoms with Gasteiger partial charge in [0.05, 0.1) is 5.69 Å². The first-order valence-electron chi connectivity index (χ1n) is 7.34. The maximum absolute atomic E-state index is 5.89. The van der Waals surface area contributed by atoms with Crippen LogP contribution >= 0.6 is 0 Å². The van der Waals surface area contributed by atoms with Gasteiger partial charge in [0, 0.05) is 18.7 Å². The number of ether oxygens (including phenoxy) is 1. The summed E-state index contributed by atoms with van der Waals surface area (Å²) in [6.45, 7) is 11.6. The highest BCUT2D eigenvalue weighted by atomic mass is 16.5. The number of nitrogens with one attached hydrogen (secondary N) is 1. The van der Waals surface area contributed by atoms with Gasteiger partial charge in [0.2, 0.25) is 0 Å². The van der Waals surface area contributed by atoms with Crippen molar-refractivity contribution in [3.63, 3.8) is 0 Å². The molecule has 0 aliphatic heterocycles. The number of nitrogens with zero attached hydrogens (tertiary/aromatic N) is 1. The van der Waals surface area contributed by atoms with Gasteiger partial charge in [-0.3, -0.25) is 0 Å². The second-order valence-electron chi connectivity index (χ2n) is 5.82. The van der Waals surface area contributed by atoms with Gasteiger partial charge in [-0.1, -0.05) is 31.1 Å². The van der Waals surface area contributed by atoms with Crippen molar-refractivity contribution in [1.82, 2.24) is 10.5 Å². The number of benzene rings is 1. The molecule has 2 aromatic rings. The smallest absolute Gasteiger partial charge is 0.174 e. The summed E-state index contributed by atoms with van der Waals surface area (Å²) in [6, 6.07) is 6.72. The largest absolute Gasteiger partial charge is 0.485 e. The van der Waals surface area contributed by atoms with Crippen LogP contribution in [0, 0.1) is 20.8 Å². The summed E-state index contributed by atoms with van der Waals surface area (Å²) in [6.07, 6.45) is 0. The van der Waals surface area contributed by atoms with Gasteiger partial charge >= 0.3 is 0 Å². The van der Waals surface area contributed by atoms with Crippen LogP contribution in [0.25, 0.3) is 0 Å². The zero-order chi connectivity index (χ0) is 15.4. The lowest BCUT2D eigenvalue weighted by Gasteiger charge is -2.14. The van der Waals surface area contributed by atoms with E-state index < -0.39 is 0 Å². The molecule has 4 heteroatoms. The van der Waals surface area contributed by atoms with E-state index in [-0.39, 0.29) is 0 Å². The van der Waals surface area contributed by atoms with Crippen molar-refractivity contribution in [3.05, 3.63) is 46.3 Å². The third-order valence-corrected chi connectivity index (χ3v) is 3.27. The van der Waals surface area contributed by atoms with Gasteiger partial charge < -0.3 is 14.6 Å². The van der Waals surface area contributed by atoms with Gasteiger partial charge in [0.25, 0.3) is 0 Å². The fourth-order valence-electron chi connectivity index (χ4n) is 2.32. The second-order valence-corrected chi connectivity index (χ2v) is 5.82. The van der Waals surface area contributed by atoms with Gasteiger partial charge in [-0.05, 0) is 37.5 Å². The lowest BCUT2D eigenvalue weighted by molar-refractivity contribution is 0.246. The Balaban J connectivity index is 2.06. The summed E-state index contributed by atoms with van der Waals surface area (Å²) < 4.78 is 11.1. The molecule has 0 spiro atoms. The number of rotatable bonds is 6. The van der Waals surface area contributed by atoms with E-state index in [0.29, 0.717) is 12.6 Å². The third kappa shape index (κ3) is 4.33. The van der Waals surface area contributed by atoms with E-state index in [2.05, 4.69) is 50.3 Å². The van der Waals surface area contributed by atoms with Crippen molar-refractivity contribution in [2.24, 2.45) is 0 Å². The Bertz CT molecular complexity index is 580. The fraction of sp³-hybridized carbons (Fsp3) is 0.471. The first-order valence-corrected chi connectivity index (χ1v) is 7.34. The minimum Gasteiger partial charge on any atom is -0.485 e. The van der Waals surface area contributed by atoms with Crippen molar-refractivity contribution < 1.29 is 9.26 Å². The van der Waals surface area contributed by atoms with Crippen LogP contribution in [0.1, 0.15) is 42.0 Å². The molecule has 0 bridgehead atoms. The molecule has 2 rings (SSSR count). The Morgan fingerprint density at radius 1 is 1.14 bits per heavy atom. The Hall–Kier alpha value is -1.81. The van der Waals surface area contributed by atoms with Crippen LogP contribution < -0.4 is 10.1 Å². The van der Waals surface area contributed by atoms with Crippen LogP contribution in [-0.4, -0.2) is 11.2 Å². The first kappa shape index (κ1) is 15.6. The average Bonchev–Trinajstić information content (AvgIpc) is 2.81. The molecule has 0 aliphatic carbocycles. The fourth-order valence-corrected chi connectivity index (χ4v) is 2.32. The van der Waals surface area contributed by atoms with E-state index in [1.54, 1.807) is 0 Å². The summed E-state index contributed by atoms with van der Waals surface area (Å²) in [5.41, 5.74) is 4.44. The van der Waals surface area contributed by atoms with Crippen molar-refractivity contribution >= 4 is 0 Å².